The third-order valence-corrected chi connectivity index (χ3v) is 2.72. The highest BCUT2D eigenvalue weighted by Crippen LogP contribution is 2.13. The average molecular weight is 240 g/mol. The van der Waals surface area contributed by atoms with Crippen LogP contribution < -0.4 is 0 Å². The van der Waals surface area contributed by atoms with Crippen molar-refractivity contribution >= 4 is 29.1 Å². The minimum atomic E-state index is -0.930. The number of halogens is 2. The molecule has 0 fully saturated rings. The fraction of sp³-hybridized carbons (Fsp3) is 0.900. The number of carbonyl (C=O) groups is 1. The quantitative estimate of drug-likeness (QED) is 0.653. The van der Waals surface area contributed by atoms with Crippen LogP contribution in [-0.4, -0.2) is 28.2 Å². The Kier molecular flexibility index (Phi) is 7.38. The van der Waals surface area contributed by atoms with Crippen LogP contribution in [0.1, 0.15) is 40.0 Å². The largest absolute Gasteiger partial charge is 0.338 e. The highest BCUT2D eigenvalue weighted by molar-refractivity contribution is 6.53. The van der Waals surface area contributed by atoms with Crippen LogP contribution in [0.3, 0.4) is 0 Å². The summed E-state index contributed by atoms with van der Waals surface area (Å²) >= 11 is 11.2. The fourth-order valence-corrected chi connectivity index (χ4v) is 1.47. The first-order valence-corrected chi connectivity index (χ1v) is 6.00. The van der Waals surface area contributed by atoms with E-state index in [1.54, 1.807) is 4.90 Å². The molecule has 0 heterocycles. The Morgan fingerprint density at radius 3 is 2.29 bits per heavy atom. The number of hydrogen-bond acceptors (Lipinski definition) is 1. The number of amides is 1. The molecule has 1 amide bonds. The molecule has 0 aliphatic carbocycles. The number of hydrogen-bond donors (Lipinski definition) is 0. The monoisotopic (exact) mass is 239 g/mol. The lowest BCUT2D eigenvalue weighted by atomic mass is 10.2. The van der Waals surface area contributed by atoms with Crippen LogP contribution in [0.4, 0.5) is 0 Å². The van der Waals surface area contributed by atoms with Crippen LogP contribution >= 0.6 is 23.2 Å². The van der Waals surface area contributed by atoms with Gasteiger partial charge in [0.05, 0.1) is 0 Å². The van der Waals surface area contributed by atoms with Crippen molar-refractivity contribution in [2.45, 2.75) is 50.9 Å². The highest BCUT2D eigenvalue weighted by atomic mass is 35.5. The predicted molar refractivity (Wildman–Crippen MR) is 61.9 cm³/mol. The average Bonchev–Trinajstić information content (AvgIpc) is 2.17. The van der Waals surface area contributed by atoms with Gasteiger partial charge in [0.2, 0.25) is 0 Å². The number of alkyl halides is 2. The van der Waals surface area contributed by atoms with Gasteiger partial charge >= 0.3 is 0 Å². The van der Waals surface area contributed by atoms with E-state index in [0.717, 1.165) is 25.8 Å². The van der Waals surface area contributed by atoms with Crippen LogP contribution in [0, 0.1) is 0 Å². The van der Waals surface area contributed by atoms with E-state index >= 15 is 0 Å². The Labute approximate surface area is 96.6 Å². The molecule has 0 radical (unpaired) electrons. The normalized spacial score (nSPS) is 13.0. The van der Waals surface area contributed by atoms with Crippen molar-refractivity contribution in [3.8, 4) is 0 Å². The van der Waals surface area contributed by atoms with Crippen molar-refractivity contribution in [3.05, 3.63) is 0 Å². The van der Waals surface area contributed by atoms with Crippen molar-refractivity contribution in [3.63, 3.8) is 0 Å². The van der Waals surface area contributed by atoms with Gasteiger partial charge in [-0.25, -0.2) is 0 Å². The molecule has 0 spiro atoms. The maximum absolute atomic E-state index is 11.6. The Balaban J connectivity index is 4.30. The molecule has 2 nitrogen and oxygen atoms in total. The first-order valence-electron chi connectivity index (χ1n) is 5.13. The molecule has 1 unspecified atom stereocenters. The lowest BCUT2D eigenvalue weighted by molar-refractivity contribution is -0.131. The number of nitrogens with zero attached hydrogens (tertiary/aromatic N) is 1. The van der Waals surface area contributed by atoms with E-state index < -0.39 is 4.84 Å². The summed E-state index contributed by atoms with van der Waals surface area (Å²) in [7, 11) is 0. The molecule has 1 atom stereocenters. The summed E-state index contributed by atoms with van der Waals surface area (Å²) in [4.78, 5) is 12.5. The summed E-state index contributed by atoms with van der Waals surface area (Å²) in [6, 6.07) is 0.217. The lowest BCUT2D eigenvalue weighted by Gasteiger charge is -2.29. The van der Waals surface area contributed by atoms with Gasteiger partial charge in [-0.3, -0.25) is 4.79 Å². The second-order valence-corrected chi connectivity index (χ2v) is 4.54. The van der Waals surface area contributed by atoms with Crippen LogP contribution in [-0.2, 0) is 4.79 Å². The topological polar surface area (TPSA) is 20.3 Å². The summed E-state index contributed by atoms with van der Waals surface area (Å²) in [5.74, 6) is -0.170. The summed E-state index contributed by atoms with van der Waals surface area (Å²) in [6.07, 6.45) is 2.99. The minimum Gasteiger partial charge on any atom is -0.338 e. The molecule has 84 valence electrons. The summed E-state index contributed by atoms with van der Waals surface area (Å²) < 4.78 is 0. The van der Waals surface area contributed by atoms with Gasteiger partial charge in [-0.15, -0.1) is 0 Å². The standard InChI is InChI=1S/C10H19Cl2NO/c1-4-6-7-13(8(3)5-2)10(14)9(11)12/h8-9H,4-7H2,1-3H3. The van der Waals surface area contributed by atoms with E-state index in [9.17, 15) is 4.79 Å². The first-order chi connectivity index (χ1) is 6.54. The second kappa shape index (κ2) is 7.36. The predicted octanol–water partition coefficient (Wildman–Crippen LogP) is 3.22. The second-order valence-electron chi connectivity index (χ2n) is 3.44. The Hall–Kier alpha value is 0.0500. The molecule has 0 aliphatic heterocycles. The maximum atomic E-state index is 11.6. The fourth-order valence-electron chi connectivity index (χ4n) is 1.22. The number of rotatable bonds is 6. The minimum absolute atomic E-state index is 0.170. The van der Waals surface area contributed by atoms with E-state index in [1.807, 2.05) is 13.8 Å². The SMILES string of the molecule is CCCCN(C(=O)C(Cl)Cl)C(C)CC. The van der Waals surface area contributed by atoms with Gasteiger partial charge in [-0.2, -0.15) is 0 Å². The molecule has 0 saturated carbocycles. The first kappa shape index (κ1) is 14.1. The number of carbonyl (C=O) groups excluding carboxylic acids is 1. The molecule has 0 N–H and O–H groups in total. The van der Waals surface area contributed by atoms with E-state index in [0.29, 0.717) is 0 Å². The van der Waals surface area contributed by atoms with Crippen LogP contribution in [0.2, 0.25) is 0 Å². The molecule has 0 aromatic heterocycles. The Morgan fingerprint density at radius 1 is 1.36 bits per heavy atom. The molecule has 4 heteroatoms. The molecule has 0 rings (SSSR count). The molecule has 0 aliphatic rings. The van der Waals surface area contributed by atoms with E-state index in [2.05, 4.69) is 6.92 Å². The summed E-state index contributed by atoms with van der Waals surface area (Å²) in [5, 5.41) is 0. The van der Waals surface area contributed by atoms with Crippen molar-refractivity contribution < 1.29 is 4.79 Å². The smallest absolute Gasteiger partial charge is 0.256 e. The van der Waals surface area contributed by atoms with Gasteiger partial charge in [-0.1, -0.05) is 43.5 Å². The zero-order chi connectivity index (χ0) is 11.1. The van der Waals surface area contributed by atoms with Gasteiger partial charge < -0.3 is 4.90 Å². The third-order valence-electron chi connectivity index (χ3n) is 2.35. The highest BCUT2D eigenvalue weighted by Gasteiger charge is 2.23. The molecule has 0 aromatic carbocycles. The maximum Gasteiger partial charge on any atom is 0.256 e. The molecule has 14 heavy (non-hydrogen) atoms. The zero-order valence-corrected chi connectivity index (χ0v) is 10.6. The van der Waals surface area contributed by atoms with E-state index in [-0.39, 0.29) is 11.9 Å². The van der Waals surface area contributed by atoms with Gasteiger partial charge in [0.15, 0.2) is 4.84 Å². The van der Waals surface area contributed by atoms with Crippen LogP contribution in [0.5, 0.6) is 0 Å². The Bertz CT molecular complexity index is 174. The summed E-state index contributed by atoms with van der Waals surface area (Å²) in [6.45, 7) is 6.91. The van der Waals surface area contributed by atoms with Gasteiger partial charge in [-0.05, 0) is 19.8 Å². The van der Waals surface area contributed by atoms with Crippen molar-refractivity contribution in [2.24, 2.45) is 0 Å². The van der Waals surface area contributed by atoms with Gasteiger partial charge in [0, 0.05) is 12.6 Å². The van der Waals surface area contributed by atoms with E-state index in [1.165, 1.54) is 0 Å². The third kappa shape index (κ3) is 4.52. The lowest BCUT2D eigenvalue weighted by Crippen LogP contribution is -2.41. The van der Waals surface area contributed by atoms with Gasteiger partial charge in [0.1, 0.15) is 0 Å². The molecular weight excluding hydrogens is 221 g/mol. The summed E-state index contributed by atoms with van der Waals surface area (Å²) in [5.41, 5.74) is 0. The van der Waals surface area contributed by atoms with Crippen LogP contribution in [0.25, 0.3) is 0 Å². The van der Waals surface area contributed by atoms with Crippen molar-refractivity contribution in [1.82, 2.24) is 4.90 Å². The van der Waals surface area contributed by atoms with E-state index in [4.69, 9.17) is 23.2 Å². The van der Waals surface area contributed by atoms with Crippen LogP contribution in [0.15, 0.2) is 0 Å². The number of unbranched alkanes of at least 4 members (excludes halogenated alkanes) is 1. The van der Waals surface area contributed by atoms with Gasteiger partial charge in [0.25, 0.3) is 5.91 Å². The molecule has 0 bridgehead atoms. The zero-order valence-electron chi connectivity index (χ0n) is 9.09. The molecule has 0 aromatic rings. The molecule has 0 saturated heterocycles. The van der Waals surface area contributed by atoms with Crippen molar-refractivity contribution in [2.75, 3.05) is 6.54 Å². The Morgan fingerprint density at radius 2 is 1.93 bits per heavy atom. The van der Waals surface area contributed by atoms with Crippen molar-refractivity contribution in [1.29, 1.82) is 0 Å². The molecular formula is C10H19Cl2NO.